The van der Waals surface area contributed by atoms with E-state index in [9.17, 15) is 0 Å². The van der Waals surface area contributed by atoms with Crippen molar-refractivity contribution in [1.29, 1.82) is 0 Å². The Kier molecular flexibility index (Phi) is 1.98. The summed E-state index contributed by atoms with van der Waals surface area (Å²) in [6.45, 7) is 0. The molecule has 4 aromatic rings. The molecule has 0 saturated carbocycles. The van der Waals surface area contributed by atoms with Crippen LogP contribution in [0.4, 0.5) is 0 Å². The number of rotatable bonds is 0. The van der Waals surface area contributed by atoms with Gasteiger partial charge in [-0.05, 0) is 21.9 Å². The summed E-state index contributed by atoms with van der Waals surface area (Å²) in [4.78, 5) is 0. The smallest absolute Gasteiger partial charge is 0.138 e. The molecule has 0 amide bonds. The highest BCUT2D eigenvalue weighted by Gasteiger charge is 2.20. The average Bonchev–Trinajstić information content (AvgIpc) is 2.63. The van der Waals surface area contributed by atoms with Gasteiger partial charge in [-0.1, -0.05) is 72.8 Å². The highest BCUT2D eigenvalue weighted by Crippen LogP contribution is 2.44. The van der Waals surface area contributed by atoms with Crippen molar-refractivity contribution >= 4 is 21.5 Å². The molecule has 1 atom stereocenters. The molecule has 0 fully saturated rings. The molecule has 0 aromatic heterocycles. The molecule has 0 radical (unpaired) electrons. The second kappa shape index (κ2) is 4.35. The van der Waals surface area contributed by atoms with Crippen molar-refractivity contribution in [3.8, 4) is 11.5 Å². The molecular formula is C21H14O. The van der Waals surface area contributed by atoms with Gasteiger partial charge in [0.1, 0.15) is 11.5 Å². The number of ether oxygens (including phenoxy) is 1. The first kappa shape index (κ1) is 10.0. The minimum atomic E-state index is -0.540. The van der Waals surface area contributed by atoms with Gasteiger partial charge in [0.2, 0.25) is 0 Å². The van der Waals surface area contributed by atoms with Crippen LogP contribution in [0.2, 0.25) is 0 Å². The van der Waals surface area contributed by atoms with E-state index in [1.54, 1.807) is 6.07 Å². The van der Waals surface area contributed by atoms with Crippen LogP contribution in [-0.4, -0.2) is 0 Å². The predicted octanol–water partition coefficient (Wildman–Crippen LogP) is 5.69. The maximum absolute atomic E-state index is 8.72. The van der Waals surface area contributed by atoms with Crippen molar-refractivity contribution in [2.24, 2.45) is 0 Å². The SMILES string of the molecule is [2H]c1cc2c(c3ccccc13)Oc1c(ccc3ccccc13)C2[2H]. The number of hydrogen-bond acceptors (Lipinski definition) is 1. The standard InChI is InChI=1S/C21H14O/c1-3-7-18-14(5-1)9-11-16-13-17-12-10-15-6-2-4-8-19(15)21(17)22-20(16)18/h1-12H,13H2/i9D,13D. The van der Waals surface area contributed by atoms with E-state index in [0.717, 1.165) is 38.4 Å². The fourth-order valence-electron chi connectivity index (χ4n) is 3.16. The average molecular weight is 284 g/mol. The van der Waals surface area contributed by atoms with E-state index in [1.165, 1.54) is 0 Å². The third-order valence-corrected chi connectivity index (χ3v) is 4.24. The molecule has 1 aliphatic heterocycles. The lowest BCUT2D eigenvalue weighted by Crippen LogP contribution is -2.04. The summed E-state index contributed by atoms with van der Waals surface area (Å²) in [5.41, 5.74) is 1.62. The molecular weight excluding hydrogens is 268 g/mol. The molecule has 22 heavy (non-hydrogen) atoms. The first-order valence-corrected chi connectivity index (χ1v) is 7.38. The Morgan fingerprint density at radius 1 is 0.727 bits per heavy atom. The maximum atomic E-state index is 8.72. The molecule has 1 nitrogen and oxygen atoms in total. The molecule has 1 unspecified atom stereocenters. The summed E-state index contributed by atoms with van der Waals surface area (Å²) in [7, 11) is 0. The van der Waals surface area contributed by atoms with Crippen molar-refractivity contribution in [1.82, 2.24) is 0 Å². The van der Waals surface area contributed by atoms with E-state index in [4.69, 9.17) is 7.48 Å². The molecule has 4 aromatic carbocycles. The lowest BCUT2D eigenvalue weighted by molar-refractivity contribution is 0.471. The molecule has 0 saturated heterocycles. The van der Waals surface area contributed by atoms with Crippen molar-refractivity contribution in [2.75, 3.05) is 0 Å². The zero-order valence-electron chi connectivity index (χ0n) is 13.8. The Hall–Kier alpha value is -2.80. The minimum absolute atomic E-state index is 0.439. The normalized spacial score (nSPS) is 17.4. The van der Waals surface area contributed by atoms with Crippen LogP contribution in [0.1, 0.15) is 13.9 Å². The first-order valence-electron chi connectivity index (χ1n) is 8.46. The van der Waals surface area contributed by atoms with E-state index in [-0.39, 0.29) is 0 Å². The summed E-state index contributed by atoms with van der Waals surface area (Å²) >= 11 is 0. The van der Waals surface area contributed by atoms with Gasteiger partial charge in [0.15, 0.2) is 0 Å². The van der Waals surface area contributed by atoms with Gasteiger partial charge in [-0.15, -0.1) is 0 Å². The topological polar surface area (TPSA) is 9.23 Å². The molecule has 1 heteroatoms. The highest BCUT2D eigenvalue weighted by atomic mass is 16.5. The molecule has 0 aliphatic carbocycles. The molecule has 1 aliphatic rings. The second-order valence-electron chi connectivity index (χ2n) is 5.57. The van der Waals surface area contributed by atoms with Crippen LogP contribution >= 0.6 is 0 Å². The van der Waals surface area contributed by atoms with Crippen molar-refractivity contribution in [2.45, 2.75) is 6.40 Å². The van der Waals surface area contributed by atoms with Crippen LogP contribution in [0.25, 0.3) is 21.5 Å². The van der Waals surface area contributed by atoms with Crippen LogP contribution in [-0.2, 0) is 6.40 Å². The lowest BCUT2D eigenvalue weighted by atomic mass is 9.94. The minimum Gasteiger partial charge on any atom is -0.455 e. The Labute approximate surface area is 131 Å². The van der Waals surface area contributed by atoms with Gasteiger partial charge >= 0.3 is 0 Å². The number of fused-ring (bicyclic) bond motifs is 6. The van der Waals surface area contributed by atoms with Crippen LogP contribution in [0.3, 0.4) is 0 Å². The van der Waals surface area contributed by atoms with Crippen LogP contribution in [0.5, 0.6) is 11.5 Å². The summed E-state index contributed by atoms with van der Waals surface area (Å²) in [6.07, 6.45) is -0.540. The quantitative estimate of drug-likeness (QED) is 0.403. The Bertz CT molecular complexity index is 1120. The summed E-state index contributed by atoms with van der Waals surface area (Å²) in [5.74, 6) is 1.48. The van der Waals surface area contributed by atoms with E-state index >= 15 is 0 Å². The van der Waals surface area contributed by atoms with Gasteiger partial charge in [-0.3, -0.25) is 0 Å². The summed E-state index contributed by atoms with van der Waals surface area (Å²) in [6, 6.07) is 22.1. The second-order valence-corrected chi connectivity index (χ2v) is 5.57. The highest BCUT2D eigenvalue weighted by molar-refractivity contribution is 5.94. The number of hydrogen-bond donors (Lipinski definition) is 0. The molecule has 5 rings (SSSR count). The third-order valence-electron chi connectivity index (χ3n) is 4.24. The summed E-state index contributed by atoms with van der Waals surface area (Å²) < 4.78 is 23.3. The zero-order chi connectivity index (χ0) is 16.3. The van der Waals surface area contributed by atoms with Gasteiger partial charge in [-0.25, -0.2) is 0 Å². The third kappa shape index (κ3) is 1.59. The van der Waals surface area contributed by atoms with E-state index in [1.807, 2.05) is 54.6 Å². The predicted molar refractivity (Wildman–Crippen MR) is 90.8 cm³/mol. The zero-order valence-corrected chi connectivity index (χ0v) is 11.8. The molecule has 1 heterocycles. The molecule has 0 N–H and O–H groups in total. The van der Waals surface area contributed by atoms with Crippen molar-refractivity contribution < 1.29 is 7.48 Å². The van der Waals surface area contributed by atoms with E-state index in [2.05, 4.69) is 6.07 Å². The van der Waals surface area contributed by atoms with Gasteiger partial charge in [0, 0.05) is 18.5 Å². The van der Waals surface area contributed by atoms with Crippen LogP contribution < -0.4 is 4.74 Å². The van der Waals surface area contributed by atoms with Gasteiger partial charge < -0.3 is 4.74 Å². The lowest BCUT2D eigenvalue weighted by Gasteiger charge is -2.23. The van der Waals surface area contributed by atoms with Crippen molar-refractivity contribution in [3.63, 3.8) is 0 Å². The molecule has 0 bridgehead atoms. The monoisotopic (exact) mass is 284 g/mol. The molecule has 104 valence electrons. The maximum Gasteiger partial charge on any atom is 0.138 e. The van der Waals surface area contributed by atoms with Gasteiger partial charge in [0.05, 0.1) is 1.37 Å². The Balaban J connectivity index is 1.86. The fourth-order valence-corrected chi connectivity index (χ4v) is 3.16. The Morgan fingerprint density at radius 2 is 1.36 bits per heavy atom. The van der Waals surface area contributed by atoms with Crippen LogP contribution in [0, 0.1) is 0 Å². The molecule has 0 spiro atoms. The van der Waals surface area contributed by atoms with Gasteiger partial charge in [-0.2, -0.15) is 0 Å². The fraction of sp³-hybridized carbons (Fsp3) is 0.0476. The Morgan fingerprint density at radius 3 is 2.18 bits per heavy atom. The van der Waals surface area contributed by atoms with Gasteiger partial charge in [0.25, 0.3) is 0 Å². The van der Waals surface area contributed by atoms with Crippen molar-refractivity contribution in [3.05, 3.63) is 83.9 Å². The largest absolute Gasteiger partial charge is 0.455 e. The summed E-state index contributed by atoms with van der Waals surface area (Å²) in [5, 5.41) is 3.88. The van der Waals surface area contributed by atoms with E-state index < -0.39 is 6.40 Å². The van der Waals surface area contributed by atoms with Crippen LogP contribution in [0.15, 0.2) is 72.8 Å². The first-order chi connectivity index (χ1) is 11.7. The van der Waals surface area contributed by atoms with E-state index in [0.29, 0.717) is 11.8 Å². The number of benzene rings is 4.